The molecule has 0 spiro atoms. The molecule has 2 fully saturated rings. The molecule has 106 valence electrons. The first kappa shape index (κ1) is 14.3. The van der Waals surface area contributed by atoms with Crippen LogP contribution in [0.3, 0.4) is 0 Å². The topological polar surface area (TPSA) is 41.7 Å². The number of nitrogens with two attached hydrogens (primary N) is 1. The van der Waals surface area contributed by atoms with E-state index in [1.807, 2.05) is 0 Å². The molecule has 3 atom stereocenters. The maximum Gasteiger partial charge on any atom is 0.0576 e. The minimum absolute atomic E-state index is 0.278. The van der Waals surface area contributed by atoms with Crippen molar-refractivity contribution in [3.05, 3.63) is 0 Å². The van der Waals surface area contributed by atoms with Gasteiger partial charge in [-0.2, -0.15) is 0 Å². The van der Waals surface area contributed by atoms with Gasteiger partial charge in [0.15, 0.2) is 0 Å². The van der Waals surface area contributed by atoms with E-state index < -0.39 is 0 Å². The van der Waals surface area contributed by atoms with Gasteiger partial charge in [-0.25, -0.2) is 0 Å². The van der Waals surface area contributed by atoms with E-state index in [9.17, 15) is 0 Å². The van der Waals surface area contributed by atoms with E-state index in [2.05, 4.69) is 23.9 Å². The fourth-order valence-electron chi connectivity index (χ4n) is 3.21. The highest BCUT2D eigenvalue weighted by Crippen LogP contribution is 2.19. The quantitative estimate of drug-likeness (QED) is 0.811. The van der Waals surface area contributed by atoms with Crippen molar-refractivity contribution in [2.75, 3.05) is 40.3 Å². The first-order valence-corrected chi connectivity index (χ1v) is 7.43. The van der Waals surface area contributed by atoms with Crippen LogP contribution >= 0.6 is 0 Å². The first-order chi connectivity index (χ1) is 8.66. The van der Waals surface area contributed by atoms with E-state index in [0.717, 1.165) is 26.0 Å². The standard InChI is InChI=1S/C14H29N3O/c1-16-8-4-9-17(2)14(11-16)13(15)7-6-12-5-3-10-18-12/h12-14H,3-11,15H2,1-2H3. The van der Waals surface area contributed by atoms with Crippen molar-refractivity contribution < 1.29 is 4.74 Å². The van der Waals surface area contributed by atoms with Gasteiger partial charge in [0.05, 0.1) is 6.10 Å². The number of likely N-dealkylation sites (N-methyl/N-ethyl adjacent to an activating group) is 2. The second kappa shape index (κ2) is 6.85. The van der Waals surface area contributed by atoms with Gasteiger partial charge in [-0.3, -0.25) is 0 Å². The Balaban J connectivity index is 1.79. The lowest BCUT2D eigenvalue weighted by molar-refractivity contribution is 0.0953. The molecular formula is C14H29N3O. The van der Waals surface area contributed by atoms with Crippen LogP contribution < -0.4 is 5.73 Å². The molecule has 0 bridgehead atoms. The van der Waals surface area contributed by atoms with Gasteiger partial charge in [-0.15, -0.1) is 0 Å². The highest BCUT2D eigenvalue weighted by molar-refractivity contribution is 4.86. The Morgan fingerprint density at radius 2 is 2.11 bits per heavy atom. The Hall–Kier alpha value is -0.160. The molecule has 4 heteroatoms. The summed E-state index contributed by atoms with van der Waals surface area (Å²) in [5.74, 6) is 0. The number of hydrogen-bond acceptors (Lipinski definition) is 4. The summed E-state index contributed by atoms with van der Waals surface area (Å²) in [5, 5.41) is 0. The predicted molar refractivity (Wildman–Crippen MR) is 74.7 cm³/mol. The summed E-state index contributed by atoms with van der Waals surface area (Å²) < 4.78 is 5.68. The average Bonchev–Trinajstić information content (AvgIpc) is 2.80. The van der Waals surface area contributed by atoms with Crippen LogP contribution in [0.15, 0.2) is 0 Å². The molecule has 0 radical (unpaired) electrons. The third-order valence-electron chi connectivity index (χ3n) is 4.46. The zero-order valence-electron chi connectivity index (χ0n) is 12.0. The van der Waals surface area contributed by atoms with Gasteiger partial charge >= 0.3 is 0 Å². The fourth-order valence-corrected chi connectivity index (χ4v) is 3.21. The summed E-state index contributed by atoms with van der Waals surface area (Å²) in [5.41, 5.74) is 6.42. The smallest absolute Gasteiger partial charge is 0.0576 e. The van der Waals surface area contributed by atoms with E-state index in [4.69, 9.17) is 10.5 Å². The number of hydrogen-bond donors (Lipinski definition) is 1. The minimum Gasteiger partial charge on any atom is -0.378 e. The molecule has 0 aromatic heterocycles. The monoisotopic (exact) mass is 255 g/mol. The van der Waals surface area contributed by atoms with E-state index in [1.165, 1.54) is 32.4 Å². The SMILES string of the molecule is CN1CCCN(C)C(C(N)CCC2CCCO2)C1. The van der Waals surface area contributed by atoms with Gasteiger partial charge in [-0.05, 0) is 59.3 Å². The minimum atomic E-state index is 0.278. The first-order valence-electron chi connectivity index (χ1n) is 7.43. The highest BCUT2D eigenvalue weighted by atomic mass is 16.5. The lowest BCUT2D eigenvalue weighted by Gasteiger charge is -2.32. The van der Waals surface area contributed by atoms with Crippen molar-refractivity contribution in [1.82, 2.24) is 9.80 Å². The van der Waals surface area contributed by atoms with Gasteiger partial charge in [0.2, 0.25) is 0 Å². The maximum atomic E-state index is 6.42. The molecule has 2 N–H and O–H groups in total. The van der Waals surface area contributed by atoms with E-state index in [1.54, 1.807) is 0 Å². The van der Waals surface area contributed by atoms with Crippen molar-refractivity contribution in [1.29, 1.82) is 0 Å². The van der Waals surface area contributed by atoms with Crippen LogP contribution in [0.4, 0.5) is 0 Å². The zero-order valence-corrected chi connectivity index (χ0v) is 12.0. The van der Waals surface area contributed by atoms with Gasteiger partial charge in [0.25, 0.3) is 0 Å². The average molecular weight is 255 g/mol. The molecule has 2 rings (SSSR count). The van der Waals surface area contributed by atoms with Gasteiger partial charge in [0, 0.05) is 25.2 Å². The van der Waals surface area contributed by atoms with Gasteiger partial charge in [-0.1, -0.05) is 0 Å². The molecule has 0 saturated carbocycles. The van der Waals surface area contributed by atoms with Gasteiger partial charge in [0.1, 0.15) is 0 Å². The van der Waals surface area contributed by atoms with Crippen LogP contribution in [0.1, 0.15) is 32.1 Å². The second-order valence-electron chi connectivity index (χ2n) is 6.04. The maximum absolute atomic E-state index is 6.42. The number of ether oxygens (including phenoxy) is 1. The zero-order chi connectivity index (χ0) is 13.0. The van der Waals surface area contributed by atoms with Crippen LogP contribution in [0, 0.1) is 0 Å². The predicted octanol–water partition coefficient (Wildman–Crippen LogP) is 0.909. The van der Waals surface area contributed by atoms with Crippen molar-refractivity contribution in [2.45, 2.75) is 50.3 Å². The lowest BCUT2D eigenvalue weighted by Crippen LogP contribution is -2.50. The molecule has 2 heterocycles. The highest BCUT2D eigenvalue weighted by Gasteiger charge is 2.27. The molecule has 2 saturated heterocycles. The van der Waals surface area contributed by atoms with Crippen LogP contribution in [-0.4, -0.2) is 68.3 Å². The molecule has 18 heavy (non-hydrogen) atoms. The van der Waals surface area contributed by atoms with Crippen molar-refractivity contribution >= 4 is 0 Å². The third-order valence-corrected chi connectivity index (χ3v) is 4.46. The van der Waals surface area contributed by atoms with Crippen molar-refractivity contribution in [2.24, 2.45) is 5.73 Å². The molecule has 4 nitrogen and oxygen atoms in total. The van der Waals surface area contributed by atoms with Crippen LogP contribution in [0.2, 0.25) is 0 Å². The number of nitrogens with zero attached hydrogens (tertiary/aromatic N) is 2. The summed E-state index contributed by atoms with van der Waals surface area (Å²) in [7, 11) is 4.43. The van der Waals surface area contributed by atoms with E-state index >= 15 is 0 Å². The molecule has 0 aliphatic carbocycles. The molecule has 0 aromatic rings. The van der Waals surface area contributed by atoms with Crippen LogP contribution in [0.25, 0.3) is 0 Å². The molecule has 2 aliphatic rings. The summed E-state index contributed by atoms with van der Waals surface area (Å²) in [6, 6.07) is 0.777. The third kappa shape index (κ3) is 3.92. The molecular weight excluding hydrogens is 226 g/mol. The molecule has 0 aromatic carbocycles. The fraction of sp³-hybridized carbons (Fsp3) is 1.00. The molecule has 0 amide bonds. The van der Waals surface area contributed by atoms with Crippen molar-refractivity contribution in [3.63, 3.8) is 0 Å². The van der Waals surface area contributed by atoms with Gasteiger partial charge < -0.3 is 20.3 Å². The van der Waals surface area contributed by atoms with Crippen LogP contribution in [-0.2, 0) is 4.74 Å². The largest absolute Gasteiger partial charge is 0.378 e. The normalized spacial score (nSPS) is 33.5. The Kier molecular flexibility index (Phi) is 5.42. The van der Waals surface area contributed by atoms with Crippen molar-refractivity contribution in [3.8, 4) is 0 Å². The molecule has 2 aliphatic heterocycles. The summed E-state index contributed by atoms with van der Waals surface area (Å²) in [6.45, 7) is 4.41. The van der Waals surface area contributed by atoms with E-state index in [-0.39, 0.29) is 6.04 Å². The summed E-state index contributed by atoms with van der Waals surface area (Å²) in [6.07, 6.45) is 6.41. The van der Waals surface area contributed by atoms with Crippen LogP contribution in [0.5, 0.6) is 0 Å². The Morgan fingerprint density at radius 1 is 1.28 bits per heavy atom. The summed E-state index contributed by atoms with van der Waals surface area (Å²) >= 11 is 0. The molecule has 3 unspecified atom stereocenters. The lowest BCUT2D eigenvalue weighted by atomic mass is 9.99. The Morgan fingerprint density at radius 3 is 2.83 bits per heavy atom. The Labute approximate surface area is 111 Å². The summed E-state index contributed by atoms with van der Waals surface area (Å²) in [4.78, 5) is 4.86. The second-order valence-corrected chi connectivity index (χ2v) is 6.04. The Bertz CT molecular complexity index is 243. The number of rotatable bonds is 4. The van der Waals surface area contributed by atoms with E-state index in [0.29, 0.717) is 12.1 Å².